The summed E-state index contributed by atoms with van der Waals surface area (Å²) in [7, 11) is 0. The van der Waals surface area contributed by atoms with Gasteiger partial charge in [-0.3, -0.25) is 9.69 Å². The van der Waals surface area contributed by atoms with E-state index in [1.165, 1.54) is 31.2 Å². The van der Waals surface area contributed by atoms with E-state index in [0.717, 1.165) is 25.9 Å². The standard InChI is InChI=1S/C16H20F3N3O2/c17-16(18,19)10-24-14-5-4-11(9-20-14)15(23)21-12-6-8-22-7-2-1-3-13(12)22/h4-5,9,12-13H,1-3,6-8,10H2,(H,21,23). The molecule has 2 saturated heterocycles. The highest BCUT2D eigenvalue weighted by Gasteiger charge is 2.36. The molecule has 0 aliphatic carbocycles. The maximum absolute atomic E-state index is 12.3. The lowest BCUT2D eigenvalue weighted by Crippen LogP contribution is -2.46. The summed E-state index contributed by atoms with van der Waals surface area (Å²) in [5, 5.41) is 3.03. The minimum atomic E-state index is -4.41. The Morgan fingerprint density at radius 2 is 2.12 bits per heavy atom. The minimum absolute atomic E-state index is 0.124. The van der Waals surface area contributed by atoms with Gasteiger partial charge in [-0.25, -0.2) is 4.98 Å². The molecule has 3 rings (SSSR count). The largest absolute Gasteiger partial charge is 0.468 e. The summed E-state index contributed by atoms with van der Waals surface area (Å²) >= 11 is 0. The molecule has 2 aliphatic heterocycles. The second-order valence-electron chi connectivity index (χ2n) is 6.26. The Bertz CT molecular complexity index is 577. The molecule has 132 valence electrons. The SMILES string of the molecule is O=C(NC1CCN2CCCCC12)c1ccc(OCC(F)(F)F)nc1. The molecule has 0 saturated carbocycles. The van der Waals surface area contributed by atoms with Crippen molar-refractivity contribution < 1.29 is 22.7 Å². The van der Waals surface area contributed by atoms with Crippen molar-refractivity contribution in [2.24, 2.45) is 0 Å². The predicted octanol–water partition coefficient (Wildman–Crippen LogP) is 2.38. The molecule has 2 atom stereocenters. The fourth-order valence-electron chi connectivity index (χ4n) is 3.42. The van der Waals surface area contributed by atoms with Gasteiger partial charge in [0, 0.05) is 30.9 Å². The van der Waals surface area contributed by atoms with Crippen LogP contribution in [0.15, 0.2) is 18.3 Å². The van der Waals surface area contributed by atoms with Crippen molar-refractivity contribution in [3.05, 3.63) is 23.9 Å². The number of fused-ring (bicyclic) bond motifs is 1. The molecule has 2 unspecified atom stereocenters. The van der Waals surface area contributed by atoms with Crippen molar-refractivity contribution in [1.29, 1.82) is 0 Å². The van der Waals surface area contributed by atoms with E-state index >= 15 is 0 Å². The van der Waals surface area contributed by atoms with Crippen LogP contribution in [0, 0.1) is 0 Å². The van der Waals surface area contributed by atoms with Gasteiger partial charge in [-0.05, 0) is 31.9 Å². The summed E-state index contributed by atoms with van der Waals surface area (Å²) in [6.45, 7) is 0.688. The van der Waals surface area contributed by atoms with Gasteiger partial charge >= 0.3 is 6.18 Å². The molecule has 1 amide bonds. The van der Waals surface area contributed by atoms with Gasteiger partial charge in [0.05, 0.1) is 5.56 Å². The lowest BCUT2D eigenvalue weighted by Gasteiger charge is -2.32. The monoisotopic (exact) mass is 343 g/mol. The second-order valence-corrected chi connectivity index (χ2v) is 6.26. The number of carbonyl (C=O) groups is 1. The number of hydrogen-bond acceptors (Lipinski definition) is 4. The molecular formula is C16H20F3N3O2. The average Bonchev–Trinajstić information content (AvgIpc) is 2.96. The zero-order chi connectivity index (χ0) is 17.2. The predicted molar refractivity (Wildman–Crippen MR) is 80.9 cm³/mol. The molecule has 24 heavy (non-hydrogen) atoms. The fraction of sp³-hybridized carbons (Fsp3) is 0.625. The number of piperidine rings is 1. The number of amides is 1. The van der Waals surface area contributed by atoms with Crippen LogP contribution in [0.5, 0.6) is 5.88 Å². The van der Waals surface area contributed by atoms with Crippen molar-refractivity contribution in [2.75, 3.05) is 19.7 Å². The lowest BCUT2D eigenvalue weighted by molar-refractivity contribution is -0.154. The number of nitrogens with zero attached hydrogens (tertiary/aromatic N) is 2. The Balaban J connectivity index is 1.55. The Hall–Kier alpha value is -1.83. The van der Waals surface area contributed by atoms with Gasteiger partial charge in [0.1, 0.15) is 0 Å². The highest BCUT2D eigenvalue weighted by Crippen LogP contribution is 2.27. The van der Waals surface area contributed by atoms with E-state index in [4.69, 9.17) is 0 Å². The zero-order valence-electron chi connectivity index (χ0n) is 13.2. The molecule has 0 radical (unpaired) electrons. The second kappa shape index (κ2) is 6.96. The van der Waals surface area contributed by atoms with E-state index in [1.807, 2.05) is 0 Å². The van der Waals surface area contributed by atoms with Crippen molar-refractivity contribution in [3.8, 4) is 5.88 Å². The third kappa shape index (κ3) is 4.17. The Labute approximate surface area is 138 Å². The smallest absolute Gasteiger partial charge is 0.422 e. The van der Waals surface area contributed by atoms with Crippen LogP contribution in [-0.2, 0) is 0 Å². The van der Waals surface area contributed by atoms with Gasteiger partial charge in [-0.1, -0.05) is 6.42 Å². The van der Waals surface area contributed by atoms with Gasteiger partial charge in [-0.2, -0.15) is 13.2 Å². The number of aromatic nitrogens is 1. The summed E-state index contributed by atoms with van der Waals surface area (Å²) in [6, 6.07) is 3.23. The Kier molecular flexibility index (Phi) is 4.93. The first-order valence-electron chi connectivity index (χ1n) is 8.13. The number of alkyl halides is 3. The third-order valence-corrected chi connectivity index (χ3v) is 4.55. The quantitative estimate of drug-likeness (QED) is 0.912. The molecule has 1 aromatic heterocycles. The summed E-state index contributed by atoms with van der Waals surface area (Å²) in [5.41, 5.74) is 0.323. The summed E-state index contributed by atoms with van der Waals surface area (Å²) in [5.74, 6) is -0.398. The lowest BCUT2D eigenvalue weighted by atomic mass is 9.99. The molecule has 1 N–H and O–H groups in total. The Morgan fingerprint density at radius 3 is 2.83 bits per heavy atom. The average molecular weight is 343 g/mol. The number of carbonyl (C=O) groups excluding carboxylic acids is 1. The summed E-state index contributed by atoms with van der Waals surface area (Å²) in [4.78, 5) is 18.5. The number of ether oxygens (including phenoxy) is 1. The molecule has 1 aromatic rings. The molecular weight excluding hydrogens is 323 g/mol. The topological polar surface area (TPSA) is 54.5 Å². The number of hydrogen-bond donors (Lipinski definition) is 1. The van der Waals surface area contributed by atoms with Gasteiger partial charge < -0.3 is 10.1 Å². The normalized spacial score (nSPS) is 24.5. The fourth-order valence-corrected chi connectivity index (χ4v) is 3.42. The van der Waals surface area contributed by atoms with Crippen molar-refractivity contribution >= 4 is 5.91 Å². The number of rotatable bonds is 4. The van der Waals surface area contributed by atoms with E-state index in [2.05, 4.69) is 19.9 Å². The Morgan fingerprint density at radius 1 is 1.29 bits per heavy atom. The van der Waals surface area contributed by atoms with Gasteiger partial charge in [0.2, 0.25) is 5.88 Å². The van der Waals surface area contributed by atoms with Crippen molar-refractivity contribution in [1.82, 2.24) is 15.2 Å². The van der Waals surface area contributed by atoms with Crippen molar-refractivity contribution in [3.63, 3.8) is 0 Å². The molecule has 0 bridgehead atoms. The number of nitrogens with one attached hydrogen (secondary N) is 1. The third-order valence-electron chi connectivity index (χ3n) is 4.55. The van der Waals surface area contributed by atoms with E-state index in [1.54, 1.807) is 0 Å². The van der Waals surface area contributed by atoms with Crippen LogP contribution in [0.1, 0.15) is 36.0 Å². The highest BCUT2D eigenvalue weighted by atomic mass is 19.4. The molecule has 8 heteroatoms. The number of halogens is 3. The van der Waals surface area contributed by atoms with Gasteiger partial charge in [0.15, 0.2) is 6.61 Å². The maximum atomic E-state index is 12.3. The summed E-state index contributed by atoms with van der Waals surface area (Å²) in [6.07, 6.45) is 1.24. The van der Waals surface area contributed by atoms with Crippen molar-refractivity contribution in [2.45, 2.75) is 43.9 Å². The minimum Gasteiger partial charge on any atom is -0.468 e. The van der Waals surface area contributed by atoms with Crippen LogP contribution in [0.3, 0.4) is 0 Å². The van der Waals surface area contributed by atoms with E-state index in [9.17, 15) is 18.0 Å². The maximum Gasteiger partial charge on any atom is 0.422 e. The molecule has 0 spiro atoms. The molecule has 5 nitrogen and oxygen atoms in total. The van der Waals surface area contributed by atoms with Crippen LogP contribution in [0.2, 0.25) is 0 Å². The van der Waals surface area contributed by atoms with Crippen LogP contribution < -0.4 is 10.1 Å². The van der Waals surface area contributed by atoms with Gasteiger partial charge in [-0.15, -0.1) is 0 Å². The first kappa shape index (κ1) is 17.0. The van der Waals surface area contributed by atoms with Crippen LogP contribution in [0.4, 0.5) is 13.2 Å². The first-order valence-corrected chi connectivity index (χ1v) is 8.13. The zero-order valence-corrected chi connectivity index (χ0v) is 13.2. The first-order chi connectivity index (χ1) is 11.4. The van der Waals surface area contributed by atoms with E-state index < -0.39 is 12.8 Å². The summed E-state index contributed by atoms with van der Waals surface area (Å²) < 4.78 is 40.8. The number of pyridine rings is 1. The molecule has 2 aliphatic rings. The van der Waals surface area contributed by atoms with E-state index in [-0.39, 0.29) is 17.8 Å². The van der Waals surface area contributed by atoms with Gasteiger partial charge in [0.25, 0.3) is 5.91 Å². The van der Waals surface area contributed by atoms with Crippen LogP contribution >= 0.6 is 0 Å². The van der Waals surface area contributed by atoms with Crippen LogP contribution in [-0.4, -0.2) is 53.7 Å². The molecule has 2 fully saturated rings. The van der Waals surface area contributed by atoms with E-state index in [0.29, 0.717) is 11.6 Å². The molecule has 0 aromatic carbocycles. The van der Waals surface area contributed by atoms with Crippen LogP contribution in [0.25, 0.3) is 0 Å². The highest BCUT2D eigenvalue weighted by molar-refractivity contribution is 5.94. The molecule has 3 heterocycles.